The van der Waals surface area contributed by atoms with E-state index in [4.69, 9.17) is 15.2 Å². The molecule has 0 aliphatic rings. The second-order valence-corrected chi connectivity index (χ2v) is 2.15. The minimum atomic E-state index is -1.35. The first-order valence-corrected chi connectivity index (χ1v) is 3.80. The Morgan fingerprint density at radius 3 is 2.00 bits per heavy atom. The Bertz CT molecular complexity index is 142. The van der Waals surface area contributed by atoms with Crippen LogP contribution >= 0.6 is 0 Å². The van der Waals surface area contributed by atoms with Crippen LogP contribution in [0.4, 0.5) is 4.79 Å². The molecule has 0 saturated carbocycles. The summed E-state index contributed by atoms with van der Waals surface area (Å²) in [5.41, 5.74) is 4.82. The van der Waals surface area contributed by atoms with Gasteiger partial charge >= 0.3 is 12.1 Å². The van der Waals surface area contributed by atoms with Gasteiger partial charge in [-0.15, -0.1) is 0 Å². The molecular weight excluding hydrogens is 162 g/mol. The SMILES string of the molecule is CCOC(C)(OCC)OC(N)=O. The van der Waals surface area contributed by atoms with Gasteiger partial charge in [0.15, 0.2) is 0 Å². The molecule has 1 amide bonds. The van der Waals surface area contributed by atoms with Crippen molar-refractivity contribution >= 4 is 6.09 Å². The molecule has 0 aromatic carbocycles. The van der Waals surface area contributed by atoms with Gasteiger partial charge in [-0.3, -0.25) is 0 Å². The summed E-state index contributed by atoms with van der Waals surface area (Å²) >= 11 is 0. The molecule has 72 valence electrons. The molecule has 5 heteroatoms. The van der Waals surface area contributed by atoms with Gasteiger partial charge in [0.2, 0.25) is 0 Å². The first kappa shape index (κ1) is 11.2. The van der Waals surface area contributed by atoms with Crippen LogP contribution in [0.15, 0.2) is 0 Å². The first-order valence-electron chi connectivity index (χ1n) is 3.80. The van der Waals surface area contributed by atoms with Gasteiger partial charge in [-0.25, -0.2) is 4.79 Å². The third-order valence-corrected chi connectivity index (χ3v) is 1.10. The zero-order valence-electron chi connectivity index (χ0n) is 7.62. The molecule has 0 aliphatic heterocycles. The second-order valence-electron chi connectivity index (χ2n) is 2.15. The monoisotopic (exact) mass is 177 g/mol. The van der Waals surface area contributed by atoms with Crippen molar-refractivity contribution in [1.29, 1.82) is 0 Å². The maximum atomic E-state index is 10.4. The van der Waals surface area contributed by atoms with Gasteiger partial charge < -0.3 is 19.9 Å². The molecule has 0 fully saturated rings. The molecule has 0 aliphatic carbocycles. The highest BCUT2D eigenvalue weighted by Gasteiger charge is 2.28. The topological polar surface area (TPSA) is 70.8 Å². The van der Waals surface area contributed by atoms with Crippen LogP contribution in [0.3, 0.4) is 0 Å². The van der Waals surface area contributed by atoms with E-state index in [1.54, 1.807) is 13.8 Å². The van der Waals surface area contributed by atoms with Crippen LogP contribution in [0, 0.1) is 0 Å². The fourth-order valence-electron chi connectivity index (χ4n) is 0.808. The van der Waals surface area contributed by atoms with E-state index in [1.807, 2.05) is 0 Å². The highest BCUT2D eigenvalue weighted by atomic mass is 16.9. The van der Waals surface area contributed by atoms with Crippen molar-refractivity contribution in [3.05, 3.63) is 0 Å². The summed E-state index contributed by atoms with van der Waals surface area (Å²) in [6, 6.07) is 0. The number of carbonyl (C=O) groups is 1. The maximum absolute atomic E-state index is 10.4. The highest BCUT2D eigenvalue weighted by molar-refractivity contribution is 5.64. The van der Waals surface area contributed by atoms with Gasteiger partial charge in [0, 0.05) is 6.92 Å². The Balaban J connectivity index is 4.07. The molecule has 0 spiro atoms. The van der Waals surface area contributed by atoms with Crippen LogP contribution in [0.25, 0.3) is 0 Å². The fraction of sp³-hybridized carbons (Fsp3) is 0.857. The lowest BCUT2D eigenvalue weighted by Crippen LogP contribution is -2.39. The van der Waals surface area contributed by atoms with Crippen LogP contribution in [-0.4, -0.2) is 25.3 Å². The molecule has 0 rings (SSSR count). The Morgan fingerprint density at radius 2 is 1.75 bits per heavy atom. The van der Waals surface area contributed by atoms with E-state index in [0.717, 1.165) is 0 Å². The fourth-order valence-corrected chi connectivity index (χ4v) is 0.808. The van der Waals surface area contributed by atoms with Gasteiger partial charge in [-0.1, -0.05) is 0 Å². The van der Waals surface area contributed by atoms with E-state index in [1.165, 1.54) is 6.92 Å². The standard InChI is InChI=1S/C7H15NO4/c1-4-10-7(3,11-5-2)12-6(8)9/h4-5H2,1-3H3,(H2,8,9). The van der Waals surface area contributed by atoms with Crippen molar-refractivity contribution < 1.29 is 19.0 Å². The molecular formula is C7H15NO4. The summed E-state index contributed by atoms with van der Waals surface area (Å²) in [7, 11) is 0. The first-order chi connectivity index (χ1) is 5.54. The van der Waals surface area contributed by atoms with Crippen molar-refractivity contribution in [1.82, 2.24) is 0 Å². The van der Waals surface area contributed by atoms with Gasteiger partial charge in [0.1, 0.15) is 0 Å². The van der Waals surface area contributed by atoms with Crippen LogP contribution in [0.5, 0.6) is 0 Å². The molecule has 12 heavy (non-hydrogen) atoms. The van der Waals surface area contributed by atoms with E-state index in [9.17, 15) is 4.79 Å². The number of hydrogen-bond acceptors (Lipinski definition) is 4. The number of hydrogen-bond donors (Lipinski definition) is 1. The third kappa shape index (κ3) is 4.15. The molecule has 5 nitrogen and oxygen atoms in total. The maximum Gasteiger partial charge on any atom is 0.408 e. The number of nitrogens with two attached hydrogens (primary N) is 1. The summed E-state index contributed by atoms with van der Waals surface area (Å²) < 4.78 is 14.7. The number of rotatable bonds is 5. The van der Waals surface area contributed by atoms with E-state index >= 15 is 0 Å². The van der Waals surface area contributed by atoms with Crippen molar-refractivity contribution in [2.75, 3.05) is 13.2 Å². The summed E-state index contributed by atoms with van der Waals surface area (Å²) in [5.74, 6) is -1.35. The van der Waals surface area contributed by atoms with Crippen LogP contribution in [0.2, 0.25) is 0 Å². The summed E-state index contributed by atoms with van der Waals surface area (Å²) in [6.45, 7) is 5.78. The minimum absolute atomic E-state index is 0.379. The lowest BCUT2D eigenvalue weighted by molar-refractivity contribution is -0.340. The molecule has 2 N–H and O–H groups in total. The number of carbonyl (C=O) groups excluding carboxylic acids is 1. The molecule has 0 unspecified atom stereocenters. The van der Waals surface area contributed by atoms with Crippen LogP contribution < -0.4 is 5.73 Å². The average Bonchev–Trinajstić information content (AvgIpc) is 1.85. The Labute approximate surface area is 71.8 Å². The molecule has 0 heterocycles. The van der Waals surface area contributed by atoms with E-state index in [0.29, 0.717) is 13.2 Å². The molecule has 0 atom stereocenters. The van der Waals surface area contributed by atoms with Gasteiger partial charge in [-0.05, 0) is 13.8 Å². The van der Waals surface area contributed by atoms with Crippen LogP contribution in [-0.2, 0) is 14.2 Å². The minimum Gasteiger partial charge on any atom is -0.392 e. The summed E-state index contributed by atoms with van der Waals surface area (Å²) in [5, 5.41) is 0. The number of ether oxygens (including phenoxy) is 3. The molecule has 0 aromatic heterocycles. The average molecular weight is 177 g/mol. The van der Waals surface area contributed by atoms with E-state index in [2.05, 4.69) is 4.74 Å². The lowest BCUT2D eigenvalue weighted by Gasteiger charge is -2.26. The molecule has 0 bridgehead atoms. The predicted molar refractivity (Wildman–Crippen MR) is 42.3 cm³/mol. The molecule has 0 aromatic rings. The van der Waals surface area contributed by atoms with Crippen molar-refractivity contribution in [2.24, 2.45) is 5.73 Å². The predicted octanol–water partition coefficient (Wildman–Crippen LogP) is 0.828. The van der Waals surface area contributed by atoms with Gasteiger partial charge in [0.25, 0.3) is 0 Å². The largest absolute Gasteiger partial charge is 0.408 e. The molecule has 0 radical (unpaired) electrons. The van der Waals surface area contributed by atoms with Gasteiger partial charge in [0.05, 0.1) is 13.2 Å². The lowest BCUT2D eigenvalue weighted by atomic mass is 10.6. The smallest absolute Gasteiger partial charge is 0.392 e. The van der Waals surface area contributed by atoms with Crippen molar-refractivity contribution in [2.45, 2.75) is 26.7 Å². The van der Waals surface area contributed by atoms with Gasteiger partial charge in [-0.2, -0.15) is 0 Å². The summed E-state index contributed by atoms with van der Waals surface area (Å²) in [6.07, 6.45) is -0.917. The normalized spacial score (nSPS) is 11.2. The quantitative estimate of drug-likeness (QED) is 0.631. The zero-order valence-corrected chi connectivity index (χ0v) is 7.62. The van der Waals surface area contributed by atoms with Crippen molar-refractivity contribution in [3.63, 3.8) is 0 Å². The number of amides is 1. The van der Waals surface area contributed by atoms with Crippen molar-refractivity contribution in [3.8, 4) is 0 Å². The summed E-state index contributed by atoms with van der Waals surface area (Å²) in [4.78, 5) is 10.4. The second kappa shape index (κ2) is 4.95. The molecule has 0 saturated heterocycles. The Hall–Kier alpha value is -0.810. The highest BCUT2D eigenvalue weighted by Crippen LogP contribution is 2.13. The Kier molecular flexibility index (Phi) is 4.61. The number of primary amides is 1. The van der Waals surface area contributed by atoms with E-state index in [-0.39, 0.29) is 0 Å². The third-order valence-electron chi connectivity index (χ3n) is 1.10. The van der Waals surface area contributed by atoms with Crippen LogP contribution in [0.1, 0.15) is 20.8 Å². The zero-order chi connectivity index (χ0) is 9.61. The van der Waals surface area contributed by atoms with E-state index < -0.39 is 12.1 Å². The Morgan fingerprint density at radius 1 is 1.33 bits per heavy atom.